The van der Waals surface area contributed by atoms with Crippen LogP contribution in [0, 0.1) is 5.82 Å². The zero-order chi connectivity index (χ0) is 14.7. The molecule has 0 radical (unpaired) electrons. The molecule has 0 aliphatic rings. The second-order valence-electron chi connectivity index (χ2n) is 4.83. The molecule has 5 heteroatoms. The smallest absolute Gasteiger partial charge is 0.294 e. The first-order chi connectivity index (χ1) is 9.60. The SMILES string of the molecule is CCCc1c(N)c(=O)n(-c2cccc(F)c2)n1CCC. The maximum absolute atomic E-state index is 13.4. The van der Waals surface area contributed by atoms with Crippen molar-refractivity contribution in [2.45, 2.75) is 39.7 Å². The van der Waals surface area contributed by atoms with E-state index in [0.717, 1.165) is 25.0 Å². The zero-order valence-electron chi connectivity index (χ0n) is 11.9. The average Bonchev–Trinajstić information content (AvgIpc) is 2.65. The zero-order valence-corrected chi connectivity index (χ0v) is 11.9. The van der Waals surface area contributed by atoms with E-state index in [1.54, 1.807) is 12.1 Å². The van der Waals surface area contributed by atoms with Gasteiger partial charge in [0.2, 0.25) is 0 Å². The second-order valence-corrected chi connectivity index (χ2v) is 4.83. The van der Waals surface area contributed by atoms with Crippen LogP contribution >= 0.6 is 0 Å². The van der Waals surface area contributed by atoms with Crippen molar-refractivity contribution in [1.29, 1.82) is 0 Å². The first-order valence-corrected chi connectivity index (χ1v) is 6.96. The molecule has 1 aromatic heterocycles. The molecule has 0 amide bonds. The summed E-state index contributed by atoms with van der Waals surface area (Å²) in [5.74, 6) is -0.366. The number of rotatable bonds is 5. The Kier molecular flexibility index (Phi) is 4.27. The van der Waals surface area contributed by atoms with Crippen molar-refractivity contribution in [1.82, 2.24) is 9.36 Å². The minimum Gasteiger partial charge on any atom is -0.393 e. The van der Waals surface area contributed by atoms with Crippen LogP contribution in [0.5, 0.6) is 0 Å². The van der Waals surface area contributed by atoms with Gasteiger partial charge in [-0.25, -0.2) is 9.07 Å². The molecule has 0 saturated heterocycles. The Bertz CT molecular complexity index is 658. The van der Waals surface area contributed by atoms with E-state index in [1.165, 1.54) is 16.8 Å². The summed E-state index contributed by atoms with van der Waals surface area (Å²) in [5, 5.41) is 0. The highest BCUT2D eigenvalue weighted by molar-refractivity contribution is 5.45. The molecule has 2 aromatic rings. The lowest BCUT2D eigenvalue weighted by molar-refractivity contribution is 0.510. The van der Waals surface area contributed by atoms with E-state index >= 15 is 0 Å². The highest BCUT2D eigenvalue weighted by atomic mass is 19.1. The summed E-state index contributed by atoms with van der Waals surface area (Å²) in [7, 11) is 0. The summed E-state index contributed by atoms with van der Waals surface area (Å²) in [6.45, 7) is 4.75. The Morgan fingerprint density at radius 3 is 2.60 bits per heavy atom. The molecule has 0 bridgehead atoms. The number of nitrogens with two attached hydrogens (primary N) is 1. The van der Waals surface area contributed by atoms with Gasteiger partial charge < -0.3 is 5.73 Å². The third kappa shape index (κ3) is 2.48. The minimum absolute atomic E-state index is 0.268. The van der Waals surface area contributed by atoms with Crippen LogP contribution in [0.2, 0.25) is 0 Å². The summed E-state index contributed by atoms with van der Waals surface area (Å²) in [6.07, 6.45) is 2.52. The molecule has 2 rings (SSSR count). The first-order valence-electron chi connectivity index (χ1n) is 6.96. The minimum atomic E-state index is -0.366. The molecule has 4 nitrogen and oxygen atoms in total. The van der Waals surface area contributed by atoms with Crippen molar-refractivity contribution in [3.05, 3.63) is 46.1 Å². The molecule has 0 fully saturated rings. The molecule has 0 unspecified atom stereocenters. The summed E-state index contributed by atoms with van der Waals surface area (Å²) in [6, 6.07) is 6.02. The Labute approximate surface area is 117 Å². The van der Waals surface area contributed by atoms with Gasteiger partial charge in [-0.1, -0.05) is 26.3 Å². The largest absolute Gasteiger partial charge is 0.393 e. The highest BCUT2D eigenvalue weighted by Gasteiger charge is 2.17. The van der Waals surface area contributed by atoms with Crippen LogP contribution in [0.1, 0.15) is 32.4 Å². The summed E-state index contributed by atoms with van der Waals surface area (Å²) >= 11 is 0. The lowest BCUT2D eigenvalue weighted by atomic mass is 10.2. The predicted molar refractivity (Wildman–Crippen MR) is 78.7 cm³/mol. The van der Waals surface area contributed by atoms with Gasteiger partial charge in [0.1, 0.15) is 11.5 Å². The van der Waals surface area contributed by atoms with Crippen molar-refractivity contribution in [3.63, 3.8) is 0 Å². The molecule has 0 atom stereocenters. The number of hydrogen-bond acceptors (Lipinski definition) is 2. The van der Waals surface area contributed by atoms with Crippen LogP contribution in [0.25, 0.3) is 5.69 Å². The van der Waals surface area contributed by atoms with Gasteiger partial charge in [0.05, 0.1) is 11.4 Å². The maximum atomic E-state index is 13.4. The Hall–Kier alpha value is -2.04. The topological polar surface area (TPSA) is 53.0 Å². The van der Waals surface area contributed by atoms with Crippen LogP contribution < -0.4 is 11.3 Å². The number of nitrogens with zero attached hydrogens (tertiary/aromatic N) is 2. The van der Waals surface area contributed by atoms with E-state index in [0.29, 0.717) is 12.2 Å². The fraction of sp³-hybridized carbons (Fsp3) is 0.400. The maximum Gasteiger partial charge on any atom is 0.294 e. The highest BCUT2D eigenvalue weighted by Crippen LogP contribution is 2.16. The molecule has 0 aliphatic heterocycles. The van der Waals surface area contributed by atoms with Gasteiger partial charge in [-0.3, -0.25) is 9.48 Å². The standard InChI is InChI=1S/C15H20FN3O/c1-3-6-13-14(17)15(20)19(18(13)9-4-2)12-8-5-7-11(16)10-12/h5,7-8,10H,3-4,6,9,17H2,1-2H3. The number of nitrogen functional groups attached to an aromatic ring is 1. The quantitative estimate of drug-likeness (QED) is 0.913. The fourth-order valence-electron chi connectivity index (χ4n) is 2.42. The van der Waals surface area contributed by atoms with Gasteiger partial charge in [-0.2, -0.15) is 0 Å². The van der Waals surface area contributed by atoms with Crippen molar-refractivity contribution >= 4 is 5.69 Å². The van der Waals surface area contributed by atoms with Crippen LogP contribution in [0.4, 0.5) is 10.1 Å². The lowest BCUT2D eigenvalue weighted by Gasteiger charge is -2.14. The lowest BCUT2D eigenvalue weighted by Crippen LogP contribution is -2.22. The normalized spacial score (nSPS) is 10.9. The summed E-state index contributed by atoms with van der Waals surface area (Å²) < 4.78 is 16.8. The molecule has 1 aromatic carbocycles. The number of halogens is 1. The van der Waals surface area contributed by atoms with Gasteiger partial charge in [0.15, 0.2) is 0 Å². The number of aromatic nitrogens is 2. The monoisotopic (exact) mass is 277 g/mol. The Morgan fingerprint density at radius 1 is 1.25 bits per heavy atom. The van der Waals surface area contributed by atoms with Crippen LogP contribution in [0.3, 0.4) is 0 Å². The molecule has 0 saturated carbocycles. The number of benzene rings is 1. The van der Waals surface area contributed by atoms with E-state index in [2.05, 4.69) is 0 Å². The predicted octanol–water partition coefficient (Wildman–Crippen LogP) is 2.72. The van der Waals surface area contributed by atoms with Gasteiger partial charge in [0, 0.05) is 6.54 Å². The first kappa shape index (κ1) is 14.4. The molecule has 1 heterocycles. The van der Waals surface area contributed by atoms with Gasteiger partial charge in [-0.15, -0.1) is 0 Å². The van der Waals surface area contributed by atoms with E-state index in [1.807, 2.05) is 18.5 Å². The molecule has 2 N–H and O–H groups in total. The van der Waals surface area contributed by atoms with E-state index in [9.17, 15) is 9.18 Å². The van der Waals surface area contributed by atoms with Crippen molar-refractivity contribution < 1.29 is 4.39 Å². The molecule has 20 heavy (non-hydrogen) atoms. The van der Waals surface area contributed by atoms with Gasteiger partial charge >= 0.3 is 0 Å². The van der Waals surface area contributed by atoms with E-state index < -0.39 is 0 Å². The second kappa shape index (κ2) is 5.94. The average molecular weight is 277 g/mol. The van der Waals surface area contributed by atoms with Gasteiger partial charge in [0.25, 0.3) is 5.56 Å². The molecule has 0 aliphatic carbocycles. The third-order valence-electron chi connectivity index (χ3n) is 3.26. The van der Waals surface area contributed by atoms with Crippen molar-refractivity contribution in [3.8, 4) is 5.69 Å². The molecule has 108 valence electrons. The molecule has 0 spiro atoms. The Morgan fingerprint density at radius 2 is 2.00 bits per heavy atom. The molecular weight excluding hydrogens is 257 g/mol. The van der Waals surface area contributed by atoms with Gasteiger partial charge in [-0.05, 0) is 31.0 Å². The fourth-order valence-corrected chi connectivity index (χ4v) is 2.42. The van der Waals surface area contributed by atoms with Crippen molar-refractivity contribution in [2.24, 2.45) is 0 Å². The van der Waals surface area contributed by atoms with Crippen molar-refractivity contribution in [2.75, 3.05) is 5.73 Å². The number of anilines is 1. The van der Waals surface area contributed by atoms with Crippen LogP contribution in [0.15, 0.2) is 29.1 Å². The summed E-state index contributed by atoms with van der Waals surface area (Å²) in [4.78, 5) is 12.4. The van der Waals surface area contributed by atoms with Crippen LogP contribution in [-0.4, -0.2) is 9.36 Å². The Balaban J connectivity index is 2.68. The van der Waals surface area contributed by atoms with E-state index in [-0.39, 0.29) is 17.1 Å². The van der Waals surface area contributed by atoms with Crippen LogP contribution in [-0.2, 0) is 13.0 Å². The van der Waals surface area contributed by atoms with E-state index in [4.69, 9.17) is 5.73 Å². The summed E-state index contributed by atoms with van der Waals surface area (Å²) in [5.41, 5.74) is 7.29. The molecular formula is C15H20FN3O. The third-order valence-corrected chi connectivity index (χ3v) is 3.26. The number of hydrogen-bond donors (Lipinski definition) is 1.